The fourth-order valence-corrected chi connectivity index (χ4v) is 1.58. The van der Waals surface area contributed by atoms with E-state index in [1.54, 1.807) is 11.9 Å². The number of nitrogens with zero attached hydrogens (tertiary/aromatic N) is 2. The van der Waals surface area contributed by atoms with Gasteiger partial charge in [-0.2, -0.15) is 0 Å². The molecule has 17 heavy (non-hydrogen) atoms. The summed E-state index contributed by atoms with van der Waals surface area (Å²) < 4.78 is 0. The van der Waals surface area contributed by atoms with Gasteiger partial charge in [-0.15, -0.1) is 0 Å². The summed E-state index contributed by atoms with van der Waals surface area (Å²) in [5, 5.41) is 11.6. The maximum absolute atomic E-state index is 12.1. The third kappa shape index (κ3) is 5.56. The zero-order valence-corrected chi connectivity index (χ0v) is 11.3. The SMILES string of the molecule is CCCC(C(=O)N(C)CCC(C)C)C(N)=NO. The molecular weight excluding hydrogens is 218 g/mol. The number of carbonyl (C=O) groups excluding carboxylic acids is 1. The Balaban J connectivity index is 4.49. The molecule has 0 aliphatic rings. The Kier molecular flexibility index (Phi) is 7.34. The van der Waals surface area contributed by atoms with Gasteiger partial charge in [-0.25, -0.2) is 0 Å². The molecule has 100 valence electrons. The molecule has 1 amide bonds. The molecule has 0 aromatic carbocycles. The summed E-state index contributed by atoms with van der Waals surface area (Å²) in [5.74, 6) is -0.00283. The molecule has 0 spiro atoms. The molecule has 0 heterocycles. The van der Waals surface area contributed by atoms with Gasteiger partial charge >= 0.3 is 0 Å². The van der Waals surface area contributed by atoms with Crippen LogP contribution in [0.4, 0.5) is 0 Å². The van der Waals surface area contributed by atoms with Crippen LogP contribution in [0.15, 0.2) is 5.16 Å². The lowest BCUT2D eigenvalue weighted by atomic mass is 10.0. The van der Waals surface area contributed by atoms with E-state index < -0.39 is 5.92 Å². The van der Waals surface area contributed by atoms with Crippen molar-refractivity contribution in [2.75, 3.05) is 13.6 Å². The fraction of sp³-hybridized carbons (Fsp3) is 0.833. The Morgan fingerprint density at radius 3 is 2.41 bits per heavy atom. The van der Waals surface area contributed by atoms with E-state index in [1.807, 2.05) is 6.92 Å². The van der Waals surface area contributed by atoms with E-state index in [0.29, 0.717) is 18.9 Å². The minimum Gasteiger partial charge on any atom is -0.409 e. The molecule has 0 aromatic rings. The van der Waals surface area contributed by atoms with Gasteiger partial charge in [0, 0.05) is 13.6 Å². The number of amidine groups is 1. The van der Waals surface area contributed by atoms with Crippen molar-refractivity contribution >= 4 is 11.7 Å². The van der Waals surface area contributed by atoms with Crippen molar-refractivity contribution in [2.45, 2.75) is 40.0 Å². The lowest BCUT2D eigenvalue weighted by Crippen LogP contribution is -2.40. The van der Waals surface area contributed by atoms with E-state index in [4.69, 9.17) is 10.9 Å². The van der Waals surface area contributed by atoms with Gasteiger partial charge in [0.25, 0.3) is 0 Å². The molecule has 0 saturated heterocycles. The van der Waals surface area contributed by atoms with Crippen molar-refractivity contribution in [3.8, 4) is 0 Å². The van der Waals surface area contributed by atoms with E-state index in [0.717, 1.165) is 12.8 Å². The quantitative estimate of drug-likeness (QED) is 0.309. The van der Waals surface area contributed by atoms with Crippen molar-refractivity contribution < 1.29 is 10.0 Å². The fourth-order valence-electron chi connectivity index (χ4n) is 1.58. The molecule has 0 rings (SSSR count). The molecule has 5 nitrogen and oxygen atoms in total. The van der Waals surface area contributed by atoms with Gasteiger partial charge in [0.05, 0.1) is 5.92 Å². The van der Waals surface area contributed by atoms with Crippen LogP contribution in [0.1, 0.15) is 40.0 Å². The smallest absolute Gasteiger partial charge is 0.233 e. The van der Waals surface area contributed by atoms with Crippen molar-refractivity contribution in [3.05, 3.63) is 0 Å². The number of oxime groups is 1. The first kappa shape index (κ1) is 15.7. The molecule has 5 heteroatoms. The van der Waals surface area contributed by atoms with Gasteiger partial charge in [0.15, 0.2) is 5.84 Å². The van der Waals surface area contributed by atoms with Gasteiger partial charge in [-0.05, 0) is 18.8 Å². The molecular formula is C12H25N3O2. The standard InChI is InChI=1S/C12H25N3O2/c1-5-6-10(11(13)14-17)12(16)15(4)8-7-9(2)3/h9-10,17H,5-8H2,1-4H3,(H2,13,14). The average molecular weight is 243 g/mol. The first-order valence-corrected chi connectivity index (χ1v) is 6.16. The van der Waals surface area contributed by atoms with E-state index in [1.165, 1.54) is 0 Å². The van der Waals surface area contributed by atoms with E-state index in [9.17, 15) is 4.79 Å². The molecule has 3 N–H and O–H groups in total. The minimum absolute atomic E-state index is 0.00764. The predicted molar refractivity (Wildman–Crippen MR) is 68.9 cm³/mol. The maximum atomic E-state index is 12.1. The van der Waals surface area contributed by atoms with Crippen molar-refractivity contribution in [1.29, 1.82) is 0 Å². The first-order valence-electron chi connectivity index (χ1n) is 6.16. The Bertz CT molecular complexity index is 264. The third-order valence-corrected chi connectivity index (χ3v) is 2.77. The van der Waals surface area contributed by atoms with Crippen molar-refractivity contribution in [1.82, 2.24) is 4.90 Å². The summed E-state index contributed by atoms with van der Waals surface area (Å²) in [6.45, 7) is 6.91. The lowest BCUT2D eigenvalue weighted by Gasteiger charge is -2.23. The van der Waals surface area contributed by atoms with Crippen LogP contribution in [-0.4, -0.2) is 35.4 Å². The molecule has 1 unspecified atom stereocenters. The molecule has 0 bridgehead atoms. The van der Waals surface area contributed by atoms with Crippen LogP contribution in [0.5, 0.6) is 0 Å². The van der Waals surface area contributed by atoms with Gasteiger partial charge in [-0.1, -0.05) is 32.3 Å². The van der Waals surface area contributed by atoms with E-state index >= 15 is 0 Å². The van der Waals surface area contributed by atoms with Crippen LogP contribution in [0.3, 0.4) is 0 Å². The summed E-state index contributed by atoms with van der Waals surface area (Å²) in [5.41, 5.74) is 5.55. The molecule has 0 aliphatic heterocycles. The monoisotopic (exact) mass is 243 g/mol. The first-order chi connectivity index (χ1) is 7.93. The molecule has 1 atom stereocenters. The Hall–Kier alpha value is -1.26. The zero-order valence-electron chi connectivity index (χ0n) is 11.3. The number of nitrogens with two attached hydrogens (primary N) is 1. The summed E-state index contributed by atoms with van der Waals surface area (Å²) in [7, 11) is 1.76. The molecule has 0 fully saturated rings. The second kappa shape index (κ2) is 7.92. The predicted octanol–water partition coefficient (Wildman–Crippen LogP) is 1.65. The largest absolute Gasteiger partial charge is 0.409 e. The second-order valence-corrected chi connectivity index (χ2v) is 4.81. The minimum atomic E-state index is -0.498. The van der Waals surface area contributed by atoms with E-state index in [2.05, 4.69) is 19.0 Å². The second-order valence-electron chi connectivity index (χ2n) is 4.81. The van der Waals surface area contributed by atoms with Gasteiger partial charge in [-0.3, -0.25) is 4.79 Å². The highest BCUT2D eigenvalue weighted by Crippen LogP contribution is 2.11. The highest BCUT2D eigenvalue weighted by atomic mass is 16.4. The molecule has 0 aliphatic carbocycles. The van der Waals surface area contributed by atoms with Crippen LogP contribution in [0, 0.1) is 11.8 Å². The molecule has 0 saturated carbocycles. The molecule has 0 radical (unpaired) electrons. The lowest BCUT2D eigenvalue weighted by molar-refractivity contribution is -0.132. The maximum Gasteiger partial charge on any atom is 0.233 e. The summed E-state index contributed by atoms with van der Waals surface area (Å²) in [4.78, 5) is 13.8. The Morgan fingerprint density at radius 2 is 2.00 bits per heavy atom. The van der Waals surface area contributed by atoms with E-state index in [-0.39, 0.29) is 11.7 Å². The summed E-state index contributed by atoms with van der Waals surface area (Å²) in [6.07, 6.45) is 2.39. The van der Waals surface area contributed by atoms with Crippen LogP contribution in [0.25, 0.3) is 0 Å². The van der Waals surface area contributed by atoms with Crippen LogP contribution < -0.4 is 5.73 Å². The summed E-state index contributed by atoms with van der Waals surface area (Å²) in [6, 6.07) is 0. The van der Waals surface area contributed by atoms with Crippen molar-refractivity contribution in [2.24, 2.45) is 22.7 Å². The third-order valence-electron chi connectivity index (χ3n) is 2.77. The van der Waals surface area contributed by atoms with Gasteiger partial charge < -0.3 is 15.8 Å². The van der Waals surface area contributed by atoms with Gasteiger partial charge in [0.1, 0.15) is 0 Å². The number of hydrogen-bond donors (Lipinski definition) is 2. The average Bonchev–Trinajstić information content (AvgIpc) is 2.31. The number of amides is 1. The number of hydrogen-bond acceptors (Lipinski definition) is 3. The van der Waals surface area contributed by atoms with Crippen LogP contribution in [-0.2, 0) is 4.79 Å². The zero-order chi connectivity index (χ0) is 13.4. The number of carbonyl (C=O) groups is 1. The van der Waals surface area contributed by atoms with Crippen LogP contribution >= 0.6 is 0 Å². The highest BCUT2D eigenvalue weighted by Gasteiger charge is 2.25. The topological polar surface area (TPSA) is 78.9 Å². The Labute approximate surface area is 104 Å². The number of rotatable bonds is 7. The van der Waals surface area contributed by atoms with Crippen LogP contribution in [0.2, 0.25) is 0 Å². The van der Waals surface area contributed by atoms with Crippen molar-refractivity contribution in [3.63, 3.8) is 0 Å². The van der Waals surface area contributed by atoms with Gasteiger partial charge in [0.2, 0.25) is 5.91 Å². The summed E-state index contributed by atoms with van der Waals surface area (Å²) >= 11 is 0. The Morgan fingerprint density at radius 1 is 1.41 bits per heavy atom. The normalized spacial score (nSPS) is 13.8. The molecule has 0 aromatic heterocycles. The highest BCUT2D eigenvalue weighted by molar-refractivity contribution is 6.01.